The highest BCUT2D eigenvalue weighted by molar-refractivity contribution is 7.21. The second kappa shape index (κ2) is 18.9. The summed E-state index contributed by atoms with van der Waals surface area (Å²) in [5.74, 6) is 0. The van der Waals surface area contributed by atoms with Crippen LogP contribution in [-0.2, 0) is 0 Å². The summed E-state index contributed by atoms with van der Waals surface area (Å²) in [4.78, 5) is 0. The van der Waals surface area contributed by atoms with Gasteiger partial charge in [-0.1, -0.05) is 267 Å². The van der Waals surface area contributed by atoms with Gasteiger partial charge in [-0.2, -0.15) is 0 Å². The van der Waals surface area contributed by atoms with Crippen molar-refractivity contribution < 1.29 is 19.2 Å². The second-order valence-electron chi connectivity index (χ2n) is 18.9. The fraction of sp³-hybridized carbons (Fsp3) is 0. The normalized spacial score (nSPS) is 14.5. The molecule has 0 N–H and O–H groups in total. The number of nitrogens with zero attached hydrogens (tertiary/aromatic N) is 2. The Kier molecular flexibility index (Phi) is 8.13. The van der Waals surface area contributed by atoms with Crippen molar-refractivity contribution in [1.29, 1.82) is 0 Å². The van der Waals surface area contributed by atoms with E-state index >= 15 is 0 Å². The molecule has 0 unspecified atom stereocenters. The summed E-state index contributed by atoms with van der Waals surface area (Å²) in [6.07, 6.45) is 0. The molecule has 2 nitrogen and oxygen atoms in total. The molecule has 0 aliphatic heterocycles. The first kappa shape index (κ1) is 32.8. The molecule has 0 fully saturated rings. The first-order valence-corrected chi connectivity index (χ1v) is 29.2. The SMILES string of the molecule is [2H]c1c([2H])c([2H])c2c(c1[2H])c1c([2H])c(-n3c4c([2H])c([2H])c([2H])c([2H])c4c4c([Si](c5ccccc5)(c5ccccc5)c5ccccc5)c([2H])c([2H])c([2H])c43)c([2H])c([2H])c1n2-c1cccc([Si](c2ccccc2)(c2ccccc2)c2cccc(-c3ccccc3)c2)c1. The smallest absolute Gasteiger partial charge is 0.180 e. The lowest BCUT2D eigenvalue weighted by Gasteiger charge is -2.35. The van der Waals surface area contributed by atoms with Gasteiger partial charge >= 0.3 is 0 Å². The molecule has 0 saturated carbocycles. The Morgan fingerprint density at radius 1 is 0.276 bits per heavy atom. The van der Waals surface area contributed by atoms with Crippen LogP contribution in [0.1, 0.15) is 19.2 Å². The third-order valence-electron chi connectivity index (χ3n) is 14.9. The van der Waals surface area contributed by atoms with E-state index in [0.717, 1.165) is 47.4 Å². The fourth-order valence-corrected chi connectivity index (χ4v) is 21.4. The molecule has 76 heavy (non-hydrogen) atoms. The maximum Gasteiger partial charge on any atom is 0.180 e. The van der Waals surface area contributed by atoms with Crippen molar-refractivity contribution in [3.8, 4) is 22.5 Å². The molecule has 14 aromatic rings. The van der Waals surface area contributed by atoms with Crippen LogP contribution in [-0.4, -0.2) is 25.3 Å². The van der Waals surface area contributed by atoms with Crippen LogP contribution in [0.25, 0.3) is 66.1 Å². The van der Waals surface area contributed by atoms with Gasteiger partial charge in [-0.15, -0.1) is 0 Å². The van der Waals surface area contributed by atoms with Crippen molar-refractivity contribution in [3.63, 3.8) is 0 Å². The van der Waals surface area contributed by atoms with Gasteiger partial charge in [-0.25, -0.2) is 0 Å². The Balaban J connectivity index is 1.14. The molecule has 358 valence electrons. The number of rotatable bonds is 11. The molecule has 0 spiro atoms. The van der Waals surface area contributed by atoms with Crippen LogP contribution >= 0.6 is 0 Å². The minimum Gasteiger partial charge on any atom is -0.309 e. The van der Waals surface area contributed by atoms with Crippen LogP contribution < -0.4 is 41.5 Å². The summed E-state index contributed by atoms with van der Waals surface area (Å²) in [5.41, 5.74) is 1.32. The highest BCUT2D eigenvalue weighted by atomic mass is 28.3. The van der Waals surface area contributed by atoms with E-state index in [9.17, 15) is 19.2 Å². The topological polar surface area (TPSA) is 9.86 Å². The number of para-hydroxylation sites is 2. The number of hydrogen-bond acceptors (Lipinski definition) is 0. The van der Waals surface area contributed by atoms with Crippen LogP contribution in [0, 0.1) is 0 Å². The van der Waals surface area contributed by atoms with E-state index in [-0.39, 0.29) is 54.8 Å². The van der Waals surface area contributed by atoms with Crippen molar-refractivity contribution in [2.75, 3.05) is 0 Å². The molecule has 0 aliphatic carbocycles. The number of fused-ring (bicyclic) bond motifs is 6. The van der Waals surface area contributed by atoms with E-state index in [2.05, 4.69) is 66.7 Å². The molecule has 2 heterocycles. The lowest BCUT2D eigenvalue weighted by atomic mass is 10.1. The molecule has 0 saturated heterocycles. The molecule has 12 aromatic carbocycles. The van der Waals surface area contributed by atoms with Gasteiger partial charge in [0.1, 0.15) is 0 Å². The van der Waals surface area contributed by atoms with E-state index < -0.39 is 100 Å². The fourth-order valence-electron chi connectivity index (χ4n) is 11.8. The van der Waals surface area contributed by atoms with Gasteiger partial charge in [0.15, 0.2) is 16.1 Å². The van der Waals surface area contributed by atoms with E-state index in [1.807, 2.05) is 158 Å². The summed E-state index contributed by atoms with van der Waals surface area (Å²) >= 11 is 0. The minimum absolute atomic E-state index is 0.0385. The van der Waals surface area contributed by atoms with Gasteiger partial charge in [0.05, 0.1) is 41.3 Å². The summed E-state index contributed by atoms with van der Waals surface area (Å²) in [6, 6.07) is 67.6. The Bertz CT molecular complexity index is 5090. The molecular weight excluding hydrogens is 949 g/mol. The van der Waals surface area contributed by atoms with Gasteiger partial charge < -0.3 is 9.13 Å². The molecule has 0 radical (unpaired) electrons. The first-order chi connectivity index (χ1) is 43.6. The summed E-state index contributed by atoms with van der Waals surface area (Å²) in [6.45, 7) is 0. The first-order valence-electron chi connectivity index (χ1n) is 32.2. The maximum absolute atomic E-state index is 10.7. The predicted molar refractivity (Wildman–Crippen MR) is 328 cm³/mol. The lowest BCUT2D eigenvalue weighted by Crippen LogP contribution is -2.74. The Morgan fingerprint density at radius 3 is 1.28 bits per heavy atom. The quantitative estimate of drug-likeness (QED) is 0.0903. The van der Waals surface area contributed by atoms with Crippen molar-refractivity contribution in [2.45, 2.75) is 0 Å². The van der Waals surface area contributed by atoms with Crippen LogP contribution in [0.5, 0.6) is 0 Å². The number of aromatic nitrogens is 2. The standard InChI is InChI=1S/C72H52N2Si2/c1-7-26-53(27-8-1)54-28-23-40-62(50-54)75(57-30-9-2-10-31-57,58-32-11-3-12-33-58)63-41-24-29-55(51-63)73-67-44-21-19-42-64(67)66-52-56(48-49-69(66)73)74-68-45-22-20-43-65(68)72-70(74)46-25-47-71(72)76(59-34-13-4-14-35-59,60-36-15-5-16-37-60)61-38-17-6-18-39-61/h1-52H/i19D,20D,21D,22D,25D,42D,43D,44D,45D,46D,47D,48D,49D,52D. The molecule has 2 aromatic heterocycles. The zero-order valence-electron chi connectivity index (χ0n) is 54.8. The van der Waals surface area contributed by atoms with Gasteiger partial charge in [-0.3, -0.25) is 0 Å². The van der Waals surface area contributed by atoms with E-state index in [1.165, 1.54) is 4.57 Å². The van der Waals surface area contributed by atoms with Crippen LogP contribution in [0.3, 0.4) is 0 Å². The predicted octanol–water partition coefficient (Wildman–Crippen LogP) is 12.3. The van der Waals surface area contributed by atoms with Crippen LogP contribution in [0.2, 0.25) is 0 Å². The average Bonchev–Trinajstić information content (AvgIpc) is 1.47. The van der Waals surface area contributed by atoms with Crippen molar-refractivity contribution in [3.05, 3.63) is 315 Å². The van der Waals surface area contributed by atoms with Gasteiger partial charge in [0, 0.05) is 32.9 Å². The Labute approximate surface area is 465 Å². The molecule has 0 amide bonds. The molecular formula is C72H52N2Si2. The van der Waals surface area contributed by atoms with Gasteiger partial charge in [-0.05, 0) is 101 Å². The lowest BCUT2D eigenvalue weighted by molar-refractivity contribution is 1.17. The monoisotopic (exact) mass is 1010 g/mol. The molecule has 0 bridgehead atoms. The zero-order valence-corrected chi connectivity index (χ0v) is 42.8. The van der Waals surface area contributed by atoms with Crippen molar-refractivity contribution in [2.24, 2.45) is 0 Å². The molecule has 0 aliphatic rings. The second-order valence-corrected chi connectivity index (χ2v) is 26.4. The number of benzene rings is 12. The average molecular weight is 1020 g/mol. The largest absolute Gasteiger partial charge is 0.309 e. The van der Waals surface area contributed by atoms with Crippen molar-refractivity contribution >= 4 is 101 Å². The summed E-state index contributed by atoms with van der Waals surface area (Å²) in [7, 11) is -7.42. The Hall–Kier alpha value is -9.33. The third-order valence-corrected chi connectivity index (χ3v) is 24.4. The molecule has 14 rings (SSSR count). The van der Waals surface area contributed by atoms with Gasteiger partial charge in [0.25, 0.3) is 0 Å². The molecule has 4 heteroatoms. The van der Waals surface area contributed by atoms with E-state index in [1.54, 1.807) is 10.6 Å². The van der Waals surface area contributed by atoms with Crippen LogP contribution in [0.15, 0.2) is 315 Å². The van der Waals surface area contributed by atoms with Crippen LogP contribution in [0.4, 0.5) is 0 Å². The minimum atomic E-state index is -3.99. The zero-order chi connectivity index (χ0) is 62.7. The highest BCUT2D eigenvalue weighted by Gasteiger charge is 2.44. The molecule has 0 atom stereocenters. The summed E-state index contributed by atoms with van der Waals surface area (Å²) in [5, 5.41) is 6.11. The highest BCUT2D eigenvalue weighted by Crippen LogP contribution is 2.37. The third kappa shape index (κ3) is 7.14. The van der Waals surface area contributed by atoms with Gasteiger partial charge in [0.2, 0.25) is 0 Å². The summed E-state index contributed by atoms with van der Waals surface area (Å²) < 4.78 is 140. The van der Waals surface area contributed by atoms with E-state index in [0.29, 0.717) is 5.69 Å². The van der Waals surface area contributed by atoms with E-state index in [4.69, 9.17) is 0 Å². The number of hydrogen-bond donors (Lipinski definition) is 0. The Morgan fingerprint density at radius 2 is 0.697 bits per heavy atom. The maximum atomic E-state index is 10.7. The van der Waals surface area contributed by atoms with Crippen molar-refractivity contribution in [1.82, 2.24) is 9.13 Å².